The van der Waals surface area contributed by atoms with E-state index in [9.17, 15) is 14.5 Å². The third-order valence-corrected chi connectivity index (χ3v) is 2.69. The zero-order valence-electron chi connectivity index (χ0n) is 9.12. The van der Waals surface area contributed by atoms with Gasteiger partial charge in [0.2, 0.25) is 0 Å². The highest BCUT2D eigenvalue weighted by Crippen LogP contribution is 2.23. The molecule has 17 heavy (non-hydrogen) atoms. The molecule has 0 aliphatic carbocycles. The van der Waals surface area contributed by atoms with Gasteiger partial charge >= 0.3 is 5.95 Å². The van der Waals surface area contributed by atoms with Crippen LogP contribution in [0.25, 0.3) is 0 Å². The first-order chi connectivity index (χ1) is 8.08. The number of aryl methyl sites for hydroxylation is 1. The minimum absolute atomic E-state index is 0.0910. The third kappa shape index (κ3) is 2.98. The number of alkyl halides is 1. The molecule has 0 radical (unpaired) electrons. The van der Waals surface area contributed by atoms with Gasteiger partial charge in [0, 0.05) is 5.41 Å². The Morgan fingerprint density at radius 3 is 2.65 bits per heavy atom. The number of nitrogens with zero attached hydrogens (tertiary/aromatic N) is 3. The molecule has 0 spiro atoms. The second-order valence-electron chi connectivity index (χ2n) is 3.88. The largest absolute Gasteiger partial charge is 0.434 e. The third-order valence-electron chi connectivity index (χ3n) is 2.69. The average Bonchev–Trinajstić information content (AvgIpc) is 2.80. The molecule has 8 heteroatoms. The van der Waals surface area contributed by atoms with E-state index >= 15 is 0 Å². The van der Waals surface area contributed by atoms with Crippen molar-refractivity contribution in [2.45, 2.75) is 13.0 Å². The zero-order chi connectivity index (χ0) is 12.9. The van der Waals surface area contributed by atoms with E-state index in [4.69, 9.17) is 10.2 Å². The van der Waals surface area contributed by atoms with Crippen molar-refractivity contribution in [2.24, 2.45) is 5.41 Å². The Bertz CT molecular complexity index is 370. The Hall–Kier alpha value is -1.54. The Morgan fingerprint density at radius 2 is 2.18 bits per heavy atom. The summed E-state index contributed by atoms with van der Waals surface area (Å²) in [4.78, 5) is 13.5. The fourth-order valence-corrected chi connectivity index (χ4v) is 1.36. The number of aliphatic hydroxyl groups is 2. The molecule has 0 amide bonds. The van der Waals surface area contributed by atoms with Gasteiger partial charge in [-0.3, -0.25) is 4.39 Å². The average molecular weight is 247 g/mol. The summed E-state index contributed by atoms with van der Waals surface area (Å²) in [5.41, 5.74) is -1.25. The van der Waals surface area contributed by atoms with Gasteiger partial charge < -0.3 is 20.3 Å². The Kier molecular flexibility index (Phi) is 4.53. The first-order valence-electron chi connectivity index (χ1n) is 5.02. The van der Waals surface area contributed by atoms with Crippen LogP contribution in [0, 0.1) is 15.5 Å². The van der Waals surface area contributed by atoms with Crippen molar-refractivity contribution < 1.29 is 19.5 Å². The normalized spacial score (nSPS) is 11.7. The first-order valence-corrected chi connectivity index (χ1v) is 5.02. The highest BCUT2D eigenvalue weighted by atomic mass is 19.1. The maximum atomic E-state index is 12.7. The number of nitro groups is 1. The van der Waals surface area contributed by atoms with Crippen molar-refractivity contribution >= 4 is 5.95 Å². The van der Waals surface area contributed by atoms with Gasteiger partial charge in [-0.25, -0.2) is 4.57 Å². The summed E-state index contributed by atoms with van der Waals surface area (Å²) in [6.45, 7) is -1.80. The number of aromatic nitrogens is 2. The van der Waals surface area contributed by atoms with Crippen molar-refractivity contribution in [3.05, 3.63) is 22.5 Å². The molecule has 1 aromatic heterocycles. The van der Waals surface area contributed by atoms with Crippen LogP contribution in [0.3, 0.4) is 0 Å². The van der Waals surface area contributed by atoms with Crippen LogP contribution in [-0.4, -0.2) is 44.6 Å². The predicted molar refractivity (Wildman–Crippen MR) is 56.1 cm³/mol. The lowest BCUT2D eigenvalue weighted by Crippen LogP contribution is -2.33. The summed E-state index contributed by atoms with van der Waals surface area (Å²) >= 11 is 0. The molecular formula is C9H14FN3O4. The number of hydrogen-bond acceptors (Lipinski definition) is 5. The quantitative estimate of drug-likeness (QED) is 0.526. The summed E-state index contributed by atoms with van der Waals surface area (Å²) in [6, 6.07) is 0. The summed E-state index contributed by atoms with van der Waals surface area (Å²) in [7, 11) is 0. The van der Waals surface area contributed by atoms with Crippen LogP contribution >= 0.6 is 0 Å². The van der Waals surface area contributed by atoms with Gasteiger partial charge in [0.1, 0.15) is 12.4 Å². The molecule has 2 N–H and O–H groups in total. The van der Waals surface area contributed by atoms with Gasteiger partial charge in [-0.1, -0.05) is 4.98 Å². The lowest BCUT2D eigenvalue weighted by Gasteiger charge is -2.25. The number of rotatable bonds is 7. The smallest absolute Gasteiger partial charge is 0.396 e. The van der Waals surface area contributed by atoms with Gasteiger partial charge in [-0.2, -0.15) is 0 Å². The maximum absolute atomic E-state index is 12.7. The van der Waals surface area contributed by atoms with Gasteiger partial charge in [0.05, 0.1) is 26.4 Å². The van der Waals surface area contributed by atoms with E-state index in [1.807, 2.05) is 0 Å². The predicted octanol–water partition coefficient (Wildman–Crippen LogP) is 0.122. The molecule has 96 valence electrons. The van der Waals surface area contributed by atoms with Crippen LogP contribution in [0.2, 0.25) is 0 Å². The molecule has 0 atom stereocenters. The highest BCUT2D eigenvalue weighted by molar-refractivity contribution is 5.06. The Balaban J connectivity index is 2.72. The summed E-state index contributed by atoms with van der Waals surface area (Å²) in [5, 5.41) is 28.6. The van der Waals surface area contributed by atoms with Crippen LogP contribution in [0.4, 0.5) is 10.3 Å². The van der Waals surface area contributed by atoms with Crippen molar-refractivity contribution in [2.75, 3.05) is 19.9 Å². The van der Waals surface area contributed by atoms with Gasteiger partial charge in [0.25, 0.3) is 0 Å². The molecular weight excluding hydrogens is 233 g/mol. The summed E-state index contributed by atoms with van der Waals surface area (Å²) < 4.78 is 14.0. The fourth-order valence-electron chi connectivity index (χ4n) is 1.36. The molecule has 7 nitrogen and oxygen atoms in total. The molecule has 0 bridgehead atoms. The van der Waals surface area contributed by atoms with E-state index in [0.717, 1.165) is 0 Å². The standard InChI is InChI=1S/C9H14FN3O4/c10-5-9(6-14,7-15)1-3-12-4-2-11-8(12)13(16)17/h2,4,14-15H,1,3,5-7H2. The van der Waals surface area contributed by atoms with Gasteiger partial charge in [-0.05, 0) is 11.3 Å². The van der Waals surface area contributed by atoms with Gasteiger partial charge in [0.15, 0.2) is 0 Å². The van der Waals surface area contributed by atoms with E-state index < -0.39 is 30.2 Å². The van der Waals surface area contributed by atoms with E-state index in [1.165, 1.54) is 17.0 Å². The fraction of sp³-hybridized carbons (Fsp3) is 0.667. The van der Waals surface area contributed by atoms with Crippen LogP contribution in [0.5, 0.6) is 0 Å². The summed E-state index contributed by atoms with van der Waals surface area (Å²) in [5.74, 6) is -0.339. The second kappa shape index (κ2) is 5.69. The molecule has 0 aliphatic heterocycles. The van der Waals surface area contributed by atoms with E-state index in [2.05, 4.69) is 4.98 Å². The van der Waals surface area contributed by atoms with Crippen LogP contribution in [0.15, 0.2) is 12.4 Å². The number of aliphatic hydroxyl groups excluding tert-OH is 2. The SMILES string of the molecule is O=[N+]([O-])c1nccn1CCC(CO)(CO)CF. The molecule has 0 aromatic carbocycles. The minimum Gasteiger partial charge on any atom is -0.396 e. The molecule has 0 saturated carbocycles. The molecule has 1 aromatic rings. The lowest BCUT2D eigenvalue weighted by molar-refractivity contribution is -0.396. The van der Waals surface area contributed by atoms with E-state index in [1.54, 1.807) is 0 Å². The van der Waals surface area contributed by atoms with Crippen molar-refractivity contribution in [3.63, 3.8) is 0 Å². The van der Waals surface area contributed by atoms with Gasteiger partial charge in [-0.15, -0.1) is 0 Å². The maximum Gasteiger partial charge on any atom is 0.434 e. The highest BCUT2D eigenvalue weighted by Gasteiger charge is 2.30. The monoisotopic (exact) mass is 247 g/mol. The van der Waals surface area contributed by atoms with Crippen molar-refractivity contribution in [1.82, 2.24) is 9.55 Å². The summed E-state index contributed by atoms with van der Waals surface area (Å²) in [6.07, 6.45) is 2.76. The molecule has 1 rings (SSSR count). The number of imidazole rings is 1. The van der Waals surface area contributed by atoms with Crippen LogP contribution in [-0.2, 0) is 6.54 Å². The van der Waals surface area contributed by atoms with Crippen molar-refractivity contribution in [1.29, 1.82) is 0 Å². The van der Waals surface area contributed by atoms with Crippen LogP contribution < -0.4 is 0 Å². The molecule has 0 aliphatic rings. The lowest BCUT2D eigenvalue weighted by atomic mass is 9.88. The second-order valence-corrected chi connectivity index (χ2v) is 3.88. The number of hydrogen-bond donors (Lipinski definition) is 2. The molecule has 0 fully saturated rings. The first kappa shape index (κ1) is 13.5. The van der Waals surface area contributed by atoms with Crippen molar-refractivity contribution in [3.8, 4) is 0 Å². The molecule has 0 unspecified atom stereocenters. The van der Waals surface area contributed by atoms with E-state index in [-0.39, 0.29) is 18.9 Å². The Labute approximate surface area is 96.7 Å². The Morgan fingerprint density at radius 1 is 1.53 bits per heavy atom. The molecule has 1 heterocycles. The minimum atomic E-state index is -1.25. The number of halogens is 1. The van der Waals surface area contributed by atoms with E-state index in [0.29, 0.717) is 0 Å². The van der Waals surface area contributed by atoms with Crippen LogP contribution in [0.1, 0.15) is 6.42 Å². The molecule has 0 saturated heterocycles. The zero-order valence-corrected chi connectivity index (χ0v) is 9.12. The topological polar surface area (TPSA) is 101 Å².